The maximum Gasteiger partial charge on any atom is 0.245 e. The van der Waals surface area contributed by atoms with E-state index in [4.69, 9.17) is 33.0 Å². The second-order valence-corrected chi connectivity index (χ2v) is 12.0. The van der Waals surface area contributed by atoms with E-state index in [1.807, 2.05) is 17.2 Å². The normalized spacial score (nSPS) is 22.2. The molecule has 0 atom stereocenters. The van der Waals surface area contributed by atoms with Crippen molar-refractivity contribution >= 4 is 45.8 Å². The number of nitrogens with one attached hydrogen (secondary N) is 1. The SMILES string of the molecule is C=CC(=O)N1CC2(CC(n3nc(N4CC5(CCOC5)C4)c(-c4c(Cl)c(Cl)cc5[nH]ncc45)c3C)C2)C1. The third-order valence-corrected chi connectivity index (χ3v) is 9.57. The molecule has 0 unspecified atom stereocenters. The molecule has 4 fully saturated rings. The summed E-state index contributed by atoms with van der Waals surface area (Å²) >= 11 is 13.4. The summed E-state index contributed by atoms with van der Waals surface area (Å²) in [7, 11) is 0. The minimum atomic E-state index is 0.0197. The quantitative estimate of drug-likeness (QED) is 0.501. The highest BCUT2D eigenvalue weighted by Gasteiger charge is 2.55. The van der Waals surface area contributed by atoms with Crippen LogP contribution in [0.3, 0.4) is 0 Å². The van der Waals surface area contributed by atoms with E-state index in [1.165, 1.54) is 6.08 Å². The lowest BCUT2D eigenvalue weighted by Crippen LogP contribution is -2.63. The molecule has 2 spiro atoms. The third kappa shape index (κ3) is 3.13. The van der Waals surface area contributed by atoms with Crippen LogP contribution in [0.1, 0.15) is 31.0 Å². The number of rotatable bonds is 4. The van der Waals surface area contributed by atoms with Gasteiger partial charge in [-0.25, -0.2) is 0 Å². The summed E-state index contributed by atoms with van der Waals surface area (Å²) in [6.45, 7) is 10.8. The molecule has 0 radical (unpaired) electrons. The molecule has 1 aromatic carbocycles. The molecular formula is C26H28Cl2N6O2. The Morgan fingerprint density at radius 1 is 1.22 bits per heavy atom. The van der Waals surface area contributed by atoms with Crippen molar-refractivity contribution in [2.45, 2.75) is 32.2 Å². The number of halogens is 2. The Labute approximate surface area is 219 Å². The van der Waals surface area contributed by atoms with Crippen LogP contribution in [0.15, 0.2) is 24.9 Å². The van der Waals surface area contributed by atoms with Crippen molar-refractivity contribution in [2.75, 3.05) is 44.3 Å². The molecule has 10 heteroatoms. The second kappa shape index (κ2) is 7.73. The number of benzene rings is 1. The molecule has 3 aromatic rings. The van der Waals surface area contributed by atoms with Crippen LogP contribution in [0.4, 0.5) is 5.82 Å². The van der Waals surface area contributed by atoms with E-state index < -0.39 is 0 Å². The number of hydrogen-bond acceptors (Lipinski definition) is 5. The van der Waals surface area contributed by atoms with Gasteiger partial charge in [0, 0.05) is 65.8 Å². The summed E-state index contributed by atoms with van der Waals surface area (Å²) in [5.41, 5.74) is 4.28. The maximum atomic E-state index is 11.9. The molecule has 2 aromatic heterocycles. The lowest BCUT2D eigenvalue weighted by Gasteiger charge is -2.58. The Morgan fingerprint density at radius 2 is 2.00 bits per heavy atom. The summed E-state index contributed by atoms with van der Waals surface area (Å²) < 4.78 is 7.90. The number of anilines is 1. The van der Waals surface area contributed by atoms with E-state index in [-0.39, 0.29) is 16.7 Å². The summed E-state index contributed by atoms with van der Waals surface area (Å²) in [6.07, 6.45) is 6.33. The van der Waals surface area contributed by atoms with Crippen LogP contribution >= 0.6 is 23.2 Å². The van der Waals surface area contributed by atoms with Gasteiger partial charge in [-0.2, -0.15) is 10.2 Å². The van der Waals surface area contributed by atoms with Crippen LogP contribution < -0.4 is 4.90 Å². The van der Waals surface area contributed by atoms with Gasteiger partial charge in [-0.1, -0.05) is 29.8 Å². The zero-order valence-corrected chi connectivity index (χ0v) is 21.7. The van der Waals surface area contributed by atoms with Crippen molar-refractivity contribution < 1.29 is 9.53 Å². The number of fused-ring (bicyclic) bond motifs is 1. The molecule has 1 aliphatic carbocycles. The first-order chi connectivity index (χ1) is 17.3. The first kappa shape index (κ1) is 22.6. The largest absolute Gasteiger partial charge is 0.381 e. The molecule has 5 heterocycles. The molecule has 8 nitrogen and oxygen atoms in total. The fourth-order valence-corrected chi connectivity index (χ4v) is 7.34. The van der Waals surface area contributed by atoms with E-state index in [0.29, 0.717) is 16.1 Å². The van der Waals surface area contributed by atoms with Crippen LogP contribution in [-0.2, 0) is 9.53 Å². The predicted molar refractivity (Wildman–Crippen MR) is 140 cm³/mol. The van der Waals surface area contributed by atoms with Gasteiger partial charge in [0.15, 0.2) is 5.82 Å². The molecule has 188 valence electrons. The minimum Gasteiger partial charge on any atom is -0.381 e. The van der Waals surface area contributed by atoms with Crippen LogP contribution in [0.2, 0.25) is 10.0 Å². The van der Waals surface area contributed by atoms with Crippen molar-refractivity contribution in [1.82, 2.24) is 24.9 Å². The van der Waals surface area contributed by atoms with E-state index in [9.17, 15) is 4.79 Å². The highest BCUT2D eigenvalue weighted by atomic mass is 35.5. The number of carbonyl (C=O) groups excluding carboxylic acids is 1. The maximum absolute atomic E-state index is 11.9. The lowest BCUT2D eigenvalue weighted by atomic mass is 9.60. The van der Waals surface area contributed by atoms with Crippen LogP contribution in [-0.4, -0.2) is 70.2 Å². The molecule has 4 aliphatic rings. The summed E-state index contributed by atoms with van der Waals surface area (Å²) in [4.78, 5) is 16.2. The first-order valence-corrected chi connectivity index (χ1v) is 13.2. The highest BCUT2D eigenvalue weighted by Crippen LogP contribution is 2.56. The fourth-order valence-electron chi connectivity index (χ4n) is 6.88. The van der Waals surface area contributed by atoms with Gasteiger partial charge in [0.05, 0.1) is 34.4 Å². The average molecular weight is 527 g/mol. The number of likely N-dealkylation sites (tertiary alicyclic amines) is 1. The molecule has 1 saturated carbocycles. The number of amides is 1. The zero-order chi connectivity index (χ0) is 24.8. The number of hydrogen-bond donors (Lipinski definition) is 1. The van der Waals surface area contributed by atoms with Gasteiger partial charge < -0.3 is 14.5 Å². The number of H-pyrrole nitrogens is 1. The van der Waals surface area contributed by atoms with Crippen molar-refractivity contribution in [3.05, 3.63) is 40.7 Å². The van der Waals surface area contributed by atoms with Crippen molar-refractivity contribution in [2.24, 2.45) is 10.8 Å². The third-order valence-electron chi connectivity index (χ3n) is 8.78. The Kier molecular flexibility index (Phi) is 4.86. The van der Waals surface area contributed by atoms with Crippen LogP contribution in [0.25, 0.3) is 22.0 Å². The van der Waals surface area contributed by atoms with Gasteiger partial charge in [-0.3, -0.25) is 14.6 Å². The van der Waals surface area contributed by atoms with Crippen molar-refractivity contribution in [3.8, 4) is 11.1 Å². The Bertz CT molecular complexity index is 1400. The topological polar surface area (TPSA) is 79.3 Å². The highest BCUT2D eigenvalue weighted by molar-refractivity contribution is 6.45. The molecule has 1 amide bonds. The number of nitrogens with zero attached hydrogens (tertiary/aromatic N) is 5. The average Bonchev–Trinajstić information content (AvgIpc) is 3.51. The zero-order valence-electron chi connectivity index (χ0n) is 20.2. The minimum absolute atomic E-state index is 0.0197. The molecule has 0 bridgehead atoms. The Balaban J connectivity index is 1.26. The molecular weight excluding hydrogens is 499 g/mol. The van der Waals surface area contributed by atoms with Gasteiger partial charge in [-0.15, -0.1) is 0 Å². The van der Waals surface area contributed by atoms with Gasteiger partial charge in [0.2, 0.25) is 5.91 Å². The van der Waals surface area contributed by atoms with Crippen LogP contribution in [0.5, 0.6) is 0 Å². The van der Waals surface area contributed by atoms with Crippen molar-refractivity contribution in [3.63, 3.8) is 0 Å². The van der Waals surface area contributed by atoms with E-state index in [2.05, 4.69) is 33.3 Å². The van der Waals surface area contributed by atoms with E-state index in [0.717, 1.165) is 92.2 Å². The summed E-state index contributed by atoms with van der Waals surface area (Å²) in [5.74, 6) is 0.973. The first-order valence-electron chi connectivity index (χ1n) is 12.5. The van der Waals surface area contributed by atoms with Gasteiger partial charge in [0.1, 0.15) is 0 Å². The van der Waals surface area contributed by atoms with Crippen molar-refractivity contribution in [1.29, 1.82) is 0 Å². The Hall–Kier alpha value is -2.55. The molecule has 1 N–H and O–H groups in total. The number of aromatic nitrogens is 4. The number of carbonyl (C=O) groups is 1. The second-order valence-electron chi connectivity index (χ2n) is 11.2. The van der Waals surface area contributed by atoms with Gasteiger partial charge in [0.25, 0.3) is 0 Å². The standard InChI is InChI=1S/C26H28Cl2N6O2/c1-3-20(35)32-12-26(13-32)7-16(8-26)34-15(2)21(22-17-9-29-30-19(17)6-18(27)23(22)28)24(31-34)33-10-25(11-33)4-5-36-14-25/h3,6,9,16H,1,4-5,7-8,10-14H2,2H3,(H,29,30). The van der Waals surface area contributed by atoms with E-state index >= 15 is 0 Å². The molecule has 3 aliphatic heterocycles. The van der Waals surface area contributed by atoms with Crippen LogP contribution in [0, 0.1) is 17.8 Å². The van der Waals surface area contributed by atoms with Gasteiger partial charge >= 0.3 is 0 Å². The monoisotopic (exact) mass is 526 g/mol. The summed E-state index contributed by atoms with van der Waals surface area (Å²) in [6, 6.07) is 2.12. The summed E-state index contributed by atoms with van der Waals surface area (Å²) in [5, 5.41) is 14.5. The molecule has 7 rings (SSSR count). The Morgan fingerprint density at radius 3 is 2.69 bits per heavy atom. The molecule has 36 heavy (non-hydrogen) atoms. The predicted octanol–water partition coefficient (Wildman–Crippen LogP) is 4.62. The smallest absolute Gasteiger partial charge is 0.245 e. The van der Waals surface area contributed by atoms with E-state index in [1.54, 1.807) is 0 Å². The number of ether oxygens (including phenoxy) is 1. The number of aromatic amines is 1. The lowest BCUT2D eigenvalue weighted by molar-refractivity contribution is -0.149. The fraction of sp³-hybridized carbons (Fsp3) is 0.500. The molecule has 3 saturated heterocycles. The van der Waals surface area contributed by atoms with Gasteiger partial charge in [-0.05, 0) is 38.3 Å².